The number of esters is 1. The molecule has 1 aromatic rings. The Morgan fingerprint density at radius 3 is 2.65 bits per heavy atom. The van der Waals surface area contributed by atoms with Gasteiger partial charge in [0.1, 0.15) is 0 Å². The smallest absolute Gasteiger partial charge is 0.310 e. The van der Waals surface area contributed by atoms with Gasteiger partial charge in [0, 0.05) is 19.6 Å². The summed E-state index contributed by atoms with van der Waals surface area (Å²) in [7, 11) is 0. The molecule has 1 saturated carbocycles. The average molecular weight is 273 g/mol. The summed E-state index contributed by atoms with van der Waals surface area (Å²) in [6.07, 6.45) is 2.58. The fraction of sp³-hybridized carbons (Fsp3) is 0.588. The molecule has 1 aliphatic heterocycles. The maximum absolute atomic E-state index is 12.1. The van der Waals surface area contributed by atoms with Gasteiger partial charge in [-0.3, -0.25) is 9.69 Å². The third-order valence-corrected chi connectivity index (χ3v) is 4.51. The Morgan fingerprint density at radius 1 is 1.25 bits per heavy atom. The average Bonchev–Trinajstić information content (AvgIpc) is 3.22. The molecule has 1 heterocycles. The molecule has 2 fully saturated rings. The zero-order chi connectivity index (χ0) is 13.9. The van der Waals surface area contributed by atoms with Crippen LogP contribution in [0.1, 0.15) is 25.3 Å². The second-order valence-electron chi connectivity index (χ2n) is 6.04. The predicted octanol–water partition coefficient (Wildman–Crippen LogP) is 2.71. The summed E-state index contributed by atoms with van der Waals surface area (Å²) in [6.45, 7) is 5.23. The van der Waals surface area contributed by atoms with Crippen molar-refractivity contribution < 1.29 is 9.53 Å². The molecule has 1 aromatic carbocycles. The molecule has 3 heteroatoms. The third-order valence-electron chi connectivity index (χ3n) is 4.51. The largest absolute Gasteiger partial charge is 0.466 e. The van der Waals surface area contributed by atoms with E-state index in [1.807, 2.05) is 13.0 Å². The van der Waals surface area contributed by atoms with Gasteiger partial charge < -0.3 is 4.74 Å². The first-order valence-electron chi connectivity index (χ1n) is 7.71. The highest BCUT2D eigenvalue weighted by atomic mass is 16.5. The summed E-state index contributed by atoms with van der Waals surface area (Å²) in [5, 5.41) is 0. The Bertz CT molecular complexity index is 455. The summed E-state index contributed by atoms with van der Waals surface area (Å²) in [6, 6.07) is 10.5. The van der Waals surface area contributed by atoms with E-state index in [1.54, 1.807) is 0 Å². The molecule has 3 rings (SSSR count). The van der Waals surface area contributed by atoms with Gasteiger partial charge in [-0.15, -0.1) is 0 Å². The molecule has 2 aliphatic rings. The first-order valence-corrected chi connectivity index (χ1v) is 7.71. The number of hydrogen-bond acceptors (Lipinski definition) is 3. The maximum Gasteiger partial charge on any atom is 0.310 e. The summed E-state index contributed by atoms with van der Waals surface area (Å²) >= 11 is 0. The van der Waals surface area contributed by atoms with Crippen LogP contribution in [0.5, 0.6) is 0 Å². The van der Waals surface area contributed by atoms with Crippen LogP contribution in [0.2, 0.25) is 0 Å². The summed E-state index contributed by atoms with van der Waals surface area (Å²) in [5.41, 5.74) is 1.33. The van der Waals surface area contributed by atoms with Crippen molar-refractivity contribution in [3.8, 4) is 0 Å². The van der Waals surface area contributed by atoms with Crippen LogP contribution >= 0.6 is 0 Å². The minimum absolute atomic E-state index is 0.0139. The second kappa shape index (κ2) is 5.96. The number of nitrogens with zero attached hydrogens (tertiary/aromatic N) is 1. The van der Waals surface area contributed by atoms with Crippen molar-refractivity contribution in [1.29, 1.82) is 0 Å². The number of likely N-dealkylation sites (tertiary alicyclic amines) is 1. The number of carbonyl (C=O) groups is 1. The standard InChI is InChI=1S/C17H23NO2/c1-2-20-17(19)16-12-18(11-15(16)14-8-9-14)10-13-6-4-3-5-7-13/h3-7,14-16H,2,8-12H2,1H3/t15-,16-/m1/s1. The number of benzene rings is 1. The number of rotatable bonds is 5. The van der Waals surface area contributed by atoms with Gasteiger partial charge in [0.2, 0.25) is 0 Å². The molecular weight excluding hydrogens is 250 g/mol. The second-order valence-corrected chi connectivity index (χ2v) is 6.04. The zero-order valence-corrected chi connectivity index (χ0v) is 12.1. The number of hydrogen-bond donors (Lipinski definition) is 0. The van der Waals surface area contributed by atoms with Crippen LogP contribution in [-0.2, 0) is 16.1 Å². The van der Waals surface area contributed by atoms with Gasteiger partial charge in [-0.05, 0) is 37.2 Å². The fourth-order valence-electron chi connectivity index (χ4n) is 3.38. The molecular formula is C17H23NO2. The molecule has 0 aromatic heterocycles. The van der Waals surface area contributed by atoms with E-state index in [0.29, 0.717) is 12.5 Å². The van der Waals surface area contributed by atoms with Crippen molar-refractivity contribution >= 4 is 5.97 Å². The number of ether oxygens (including phenoxy) is 1. The molecule has 0 unspecified atom stereocenters. The normalized spacial score (nSPS) is 26.6. The van der Waals surface area contributed by atoms with Crippen molar-refractivity contribution in [1.82, 2.24) is 4.90 Å². The van der Waals surface area contributed by atoms with Crippen molar-refractivity contribution in [2.45, 2.75) is 26.3 Å². The van der Waals surface area contributed by atoms with Gasteiger partial charge in [0.15, 0.2) is 0 Å². The lowest BCUT2D eigenvalue weighted by molar-refractivity contribution is -0.149. The van der Waals surface area contributed by atoms with E-state index in [-0.39, 0.29) is 11.9 Å². The van der Waals surface area contributed by atoms with Crippen LogP contribution in [0.3, 0.4) is 0 Å². The maximum atomic E-state index is 12.1. The summed E-state index contributed by atoms with van der Waals surface area (Å²) < 4.78 is 5.27. The van der Waals surface area contributed by atoms with E-state index in [1.165, 1.54) is 18.4 Å². The molecule has 0 N–H and O–H groups in total. The van der Waals surface area contributed by atoms with E-state index < -0.39 is 0 Å². The minimum Gasteiger partial charge on any atom is -0.466 e. The highest BCUT2D eigenvalue weighted by molar-refractivity contribution is 5.73. The SMILES string of the molecule is CCOC(=O)[C@@H]1CN(Cc2ccccc2)C[C@@H]1C1CC1. The molecule has 1 aliphatic carbocycles. The van der Waals surface area contributed by atoms with Gasteiger partial charge >= 0.3 is 5.97 Å². The third kappa shape index (κ3) is 3.04. The molecule has 2 atom stereocenters. The van der Waals surface area contributed by atoms with Crippen LogP contribution in [-0.4, -0.2) is 30.6 Å². The van der Waals surface area contributed by atoms with E-state index in [2.05, 4.69) is 29.2 Å². The monoisotopic (exact) mass is 273 g/mol. The Kier molecular flexibility index (Phi) is 4.06. The van der Waals surface area contributed by atoms with E-state index >= 15 is 0 Å². The zero-order valence-electron chi connectivity index (χ0n) is 12.1. The Balaban J connectivity index is 1.65. The van der Waals surface area contributed by atoms with E-state index in [0.717, 1.165) is 25.6 Å². The molecule has 20 heavy (non-hydrogen) atoms. The van der Waals surface area contributed by atoms with Gasteiger partial charge in [0.05, 0.1) is 12.5 Å². The fourth-order valence-corrected chi connectivity index (χ4v) is 3.38. The van der Waals surface area contributed by atoms with Crippen LogP contribution in [0.25, 0.3) is 0 Å². The van der Waals surface area contributed by atoms with Gasteiger partial charge in [0.25, 0.3) is 0 Å². The van der Waals surface area contributed by atoms with Crippen molar-refractivity contribution in [3.05, 3.63) is 35.9 Å². The van der Waals surface area contributed by atoms with Gasteiger partial charge in [-0.2, -0.15) is 0 Å². The van der Waals surface area contributed by atoms with Crippen molar-refractivity contribution in [2.24, 2.45) is 17.8 Å². The minimum atomic E-state index is 0.0139. The molecule has 0 amide bonds. The van der Waals surface area contributed by atoms with E-state index in [4.69, 9.17) is 4.74 Å². The highest BCUT2D eigenvalue weighted by Crippen LogP contribution is 2.44. The van der Waals surface area contributed by atoms with Crippen molar-refractivity contribution in [2.75, 3.05) is 19.7 Å². The lowest BCUT2D eigenvalue weighted by atomic mass is 9.92. The molecule has 3 nitrogen and oxygen atoms in total. The lowest BCUT2D eigenvalue weighted by Crippen LogP contribution is -2.26. The quantitative estimate of drug-likeness (QED) is 0.773. The molecule has 0 bridgehead atoms. The summed E-state index contributed by atoms with van der Waals surface area (Å²) in [5.74, 6) is 1.37. The van der Waals surface area contributed by atoms with Crippen molar-refractivity contribution in [3.63, 3.8) is 0 Å². The Morgan fingerprint density at radius 2 is 2.00 bits per heavy atom. The molecule has 0 radical (unpaired) electrons. The topological polar surface area (TPSA) is 29.5 Å². The highest BCUT2D eigenvalue weighted by Gasteiger charge is 2.45. The molecule has 1 saturated heterocycles. The van der Waals surface area contributed by atoms with Crippen LogP contribution in [0.4, 0.5) is 0 Å². The van der Waals surface area contributed by atoms with Crippen LogP contribution in [0.15, 0.2) is 30.3 Å². The van der Waals surface area contributed by atoms with Crippen LogP contribution < -0.4 is 0 Å². The van der Waals surface area contributed by atoms with Gasteiger partial charge in [-0.25, -0.2) is 0 Å². The van der Waals surface area contributed by atoms with E-state index in [9.17, 15) is 4.79 Å². The van der Waals surface area contributed by atoms with Gasteiger partial charge in [-0.1, -0.05) is 30.3 Å². The summed E-state index contributed by atoms with van der Waals surface area (Å²) in [4.78, 5) is 14.6. The molecule has 0 spiro atoms. The number of carbonyl (C=O) groups excluding carboxylic acids is 1. The van der Waals surface area contributed by atoms with Crippen LogP contribution in [0, 0.1) is 17.8 Å². The first kappa shape index (κ1) is 13.6. The first-order chi connectivity index (χ1) is 9.78. The Hall–Kier alpha value is -1.35. The molecule has 108 valence electrons. The lowest BCUT2D eigenvalue weighted by Gasteiger charge is -2.15. The Labute approximate surface area is 120 Å². The predicted molar refractivity (Wildman–Crippen MR) is 78.1 cm³/mol.